The van der Waals surface area contributed by atoms with Gasteiger partial charge in [-0.2, -0.15) is 0 Å². The second-order valence-corrected chi connectivity index (χ2v) is 12.9. The molecule has 4 aliphatic rings. The zero-order valence-corrected chi connectivity index (χ0v) is 20.2. The third kappa shape index (κ3) is 2.74. The number of hydrogen-bond donors (Lipinski definition) is 0. The molecule has 0 aromatic rings. The van der Waals surface area contributed by atoms with E-state index in [1.165, 1.54) is 56.9 Å². The molecule has 0 aromatic carbocycles. The van der Waals surface area contributed by atoms with Gasteiger partial charge in [0.05, 0.1) is 0 Å². The summed E-state index contributed by atoms with van der Waals surface area (Å²) in [6.07, 6.45) is 13.8. The van der Waals surface area contributed by atoms with Crippen LogP contribution in [0.25, 0.3) is 0 Å². The summed E-state index contributed by atoms with van der Waals surface area (Å²) in [5.41, 5.74) is 3.25. The summed E-state index contributed by atoms with van der Waals surface area (Å²) in [6, 6.07) is 0. The van der Waals surface area contributed by atoms with Gasteiger partial charge >= 0.3 is 0 Å². The minimum Gasteiger partial charge on any atom is -0.303 e. The highest BCUT2D eigenvalue weighted by atomic mass is 16.1. The van der Waals surface area contributed by atoms with E-state index < -0.39 is 0 Å². The number of carbonyl (C=O) groups is 1. The molecule has 2 unspecified atom stereocenters. The SMILES string of the molecule is C=C1CCC2[C@@](C)(CC[C@@]3(C)C4CC[C@H](C(C)C)[C@@]4(C)CC[C@]23C)[C@@H]1CCC=O. The second kappa shape index (κ2) is 6.96. The van der Waals surface area contributed by atoms with E-state index in [2.05, 4.69) is 48.1 Å². The number of hydrogen-bond acceptors (Lipinski definition) is 1. The van der Waals surface area contributed by atoms with Crippen molar-refractivity contribution in [2.75, 3.05) is 0 Å². The summed E-state index contributed by atoms with van der Waals surface area (Å²) < 4.78 is 0. The van der Waals surface area contributed by atoms with Crippen LogP contribution in [0.2, 0.25) is 0 Å². The molecule has 1 nitrogen and oxygen atoms in total. The predicted molar refractivity (Wildman–Crippen MR) is 123 cm³/mol. The van der Waals surface area contributed by atoms with Crippen molar-refractivity contribution in [3.05, 3.63) is 12.2 Å². The van der Waals surface area contributed by atoms with Gasteiger partial charge in [-0.3, -0.25) is 0 Å². The summed E-state index contributed by atoms with van der Waals surface area (Å²) in [7, 11) is 0. The lowest BCUT2D eigenvalue weighted by Crippen LogP contribution is -2.64. The van der Waals surface area contributed by atoms with Gasteiger partial charge in [-0.1, -0.05) is 53.7 Å². The molecule has 0 spiro atoms. The van der Waals surface area contributed by atoms with Gasteiger partial charge < -0.3 is 4.79 Å². The third-order valence-electron chi connectivity index (χ3n) is 11.8. The van der Waals surface area contributed by atoms with Gasteiger partial charge in [0, 0.05) is 6.42 Å². The van der Waals surface area contributed by atoms with Gasteiger partial charge in [-0.15, -0.1) is 0 Å². The van der Waals surface area contributed by atoms with Crippen LogP contribution in [0.3, 0.4) is 0 Å². The van der Waals surface area contributed by atoms with Gasteiger partial charge in [0.15, 0.2) is 0 Å². The highest BCUT2D eigenvalue weighted by Gasteiger charge is 2.69. The molecule has 4 rings (SSSR count). The first-order valence-corrected chi connectivity index (χ1v) is 12.7. The minimum absolute atomic E-state index is 0.344. The Morgan fingerprint density at radius 3 is 2.10 bits per heavy atom. The standard InChI is InChI=1S/C28H46O/c1-19(2)21-11-13-24-25(21,4)14-16-27(6)23-12-10-20(3)22(9-8-18-29)26(23,5)15-17-28(24,27)7/h18-19,21-24H,3,8-17H2,1-2,4-7H3/t21-,22-,23?,24?,25-,26+,27-,28+/m1/s1. The third-order valence-corrected chi connectivity index (χ3v) is 11.8. The van der Waals surface area contributed by atoms with E-state index >= 15 is 0 Å². The van der Waals surface area contributed by atoms with Crippen LogP contribution in [-0.4, -0.2) is 6.29 Å². The maximum atomic E-state index is 11.2. The smallest absolute Gasteiger partial charge is 0.120 e. The molecule has 0 heterocycles. The topological polar surface area (TPSA) is 17.1 Å². The summed E-state index contributed by atoms with van der Waals surface area (Å²) in [6.45, 7) is 20.1. The van der Waals surface area contributed by atoms with Gasteiger partial charge in [0.25, 0.3) is 0 Å². The summed E-state index contributed by atoms with van der Waals surface area (Å²) in [5.74, 6) is 3.96. The Bertz CT molecular complexity index is 678. The van der Waals surface area contributed by atoms with Crippen LogP contribution in [0, 0.1) is 51.2 Å². The van der Waals surface area contributed by atoms with Crippen LogP contribution in [0.1, 0.15) is 106 Å². The van der Waals surface area contributed by atoms with Crippen molar-refractivity contribution < 1.29 is 4.79 Å². The lowest BCUT2D eigenvalue weighted by molar-refractivity contribution is -0.215. The quantitative estimate of drug-likeness (QED) is 0.348. The number of allylic oxidation sites excluding steroid dienone is 1. The molecular weight excluding hydrogens is 352 g/mol. The fourth-order valence-corrected chi connectivity index (χ4v) is 10.2. The maximum absolute atomic E-state index is 11.2. The van der Waals surface area contributed by atoms with E-state index in [1.54, 1.807) is 0 Å². The van der Waals surface area contributed by atoms with Gasteiger partial charge in [-0.05, 0) is 109 Å². The molecule has 4 aliphatic carbocycles. The summed E-state index contributed by atoms with van der Waals surface area (Å²) in [5, 5.41) is 0. The fraction of sp³-hybridized carbons (Fsp3) is 0.893. The molecule has 4 saturated carbocycles. The first-order valence-electron chi connectivity index (χ1n) is 12.7. The minimum atomic E-state index is 0.344. The monoisotopic (exact) mass is 398 g/mol. The van der Waals surface area contributed by atoms with Crippen molar-refractivity contribution in [1.82, 2.24) is 0 Å². The molecule has 1 heteroatoms. The van der Waals surface area contributed by atoms with E-state index in [1.807, 2.05) is 0 Å². The van der Waals surface area contributed by atoms with E-state index in [4.69, 9.17) is 0 Å². The van der Waals surface area contributed by atoms with E-state index in [0.29, 0.717) is 34.0 Å². The Balaban J connectivity index is 1.71. The fourth-order valence-electron chi connectivity index (χ4n) is 10.2. The second-order valence-electron chi connectivity index (χ2n) is 12.9. The molecule has 0 N–H and O–H groups in total. The highest BCUT2D eigenvalue weighted by Crippen LogP contribution is 2.77. The molecule has 4 fully saturated rings. The number of carbonyl (C=O) groups excluding carboxylic acids is 1. The zero-order chi connectivity index (χ0) is 21.2. The molecule has 0 aromatic heterocycles. The molecule has 0 aliphatic heterocycles. The molecule has 0 bridgehead atoms. The van der Waals surface area contributed by atoms with Crippen molar-refractivity contribution >= 4 is 6.29 Å². The summed E-state index contributed by atoms with van der Waals surface area (Å²) in [4.78, 5) is 11.2. The molecule has 8 atom stereocenters. The van der Waals surface area contributed by atoms with Gasteiger partial charge in [-0.25, -0.2) is 0 Å². The van der Waals surface area contributed by atoms with Gasteiger partial charge in [0.2, 0.25) is 0 Å². The van der Waals surface area contributed by atoms with Crippen LogP contribution >= 0.6 is 0 Å². The largest absolute Gasteiger partial charge is 0.303 e. The molecule has 0 saturated heterocycles. The van der Waals surface area contributed by atoms with Crippen molar-refractivity contribution in [3.8, 4) is 0 Å². The van der Waals surface area contributed by atoms with Crippen molar-refractivity contribution in [2.24, 2.45) is 51.2 Å². The first-order chi connectivity index (χ1) is 13.5. The number of aldehydes is 1. The Morgan fingerprint density at radius 1 is 0.931 bits per heavy atom. The zero-order valence-electron chi connectivity index (χ0n) is 20.2. The summed E-state index contributed by atoms with van der Waals surface area (Å²) >= 11 is 0. The van der Waals surface area contributed by atoms with Crippen LogP contribution in [-0.2, 0) is 4.79 Å². The van der Waals surface area contributed by atoms with E-state index in [9.17, 15) is 4.79 Å². The maximum Gasteiger partial charge on any atom is 0.120 e. The predicted octanol–water partition coefficient (Wildman–Crippen LogP) is 7.84. The van der Waals surface area contributed by atoms with Crippen LogP contribution in [0.4, 0.5) is 0 Å². The Hall–Kier alpha value is -0.590. The molecule has 164 valence electrons. The average Bonchev–Trinajstić information content (AvgIpc) is 3.02. The number of rotatable bonds is 4. The van der Waals surface area contributed by atoms with Gasteiger partial charge in [0.1, 0.15) is 6.29 Å². The molecule has 0 amide bonds. The molecular formula is C28H46O. The highest BCUT2D eigenvalue weighted by molar-refractivity contribution is 5.49. The van der Waals surface area contributed by atoms with Crippen LogP contribution in [0.5, 0.6) is 0 Å². The van der Waals surface area contributed by atoms with E-state index in [-0.39, 0.29) is 0 Å². The molecule has 29 heavy (non-hydrogen) atoms. The lowest BCUT2D eigenvalue weighted by Gasteiger charge is -2.71. The van der Waals surface area contributed by atoms with Crippen LogP contribution < -0.4 is 0 Å². The normalized spacial score (nSPS) is 52.0. The lowest BCUT2D eigenvalue weighted by atomic mass is 9.33. The van der Waals surface area contributed by atoms with Crippen molar-refractivity contribution in [3.63, 3.8) is 0 Å². The Kier molecular flexibility index (Phi) is 5.19. The molecule has 0 radical (unpaired) electrons. The van der Waals surface area contributed by atoms with Crippen molar-refractivity contribution in [2.45, 2.75) is 106 Å². The van der Waals surface area contributed by atoms with Crippen LogP contribution in [0.15, 0.2) is 12.2 Å². The first kappa shape index (κ1) is 21.6. The Morgan fingerprint density at radius 2 is 1.52 bits per heavy atom. The Labute approximate surface area is 180 Å². The van der Waals surface area contributed by atoms with E-state index in [0.717, 1.165) is 36.4 Å². The number of fused-ring (bicyclic) bond motifs is 5. The van der Waals surface area contributed by atoms with Crippen molar-refractivity contribution in [1.29, 1.82) is 0 Å². The average molecular weight is 399 g/mol.